The van der Waals surface area contributed by atoms with Gasteiger partial charge in [0.25, 0.3) is 0 Å². The summed E-state index contributed by atoms with van der Waals surface area (Å²) in [6, 6.07) is 20.8. The van der Waals surface area contributed by atoms with Gasteiger partial charge in [-0.15, -0.1) is 0 Å². The molecule has 0 spiro atoms. The molecule has 0 saturated carbocycles. The van der Waals surface area contributed by atoms with Gasteiger partial charge in [-0.2, -0.15) is 0 Å². The van der Waals surface area contributed by atoms with Gasteiger partial charge in [-0.05, 0) is 48.5 Å². The van der Waals surface area contributed by atoms with Crippen molar-refractivity contribution in [1.82, 2.24) is 0 Å². The first-order chi connectivity index (χ1) is 12.6. The molecule has 0 aliphatic carbocycles. The quantitative estimate of drug-likeness (QED) is 0.394. The second kappa shape index (κ2) is 7.85. The molecule has 3 rings (SSSR count). The molecule has 0 aromatic heterocycles. The van der Waals surface area contributed by atoms with E-state index in [0.717, 1.165) is 0 Å². The van der Waals surface area contributed by atoms with Gasteiger partial charge in [0.1, 0.15) is 11.5 Å². The summed E-state index contributed by atoms with van der Waals surface area (Å²) in [5, 5.41) is 8.79. The second-order valence-corrected chi connectivity index (χ2v) is 5.88. The number of carbonyl (C=O) groups excluding carboxylic acids is 1. The van der Waals surface area contributed by atoms with E-state index in [0.29, 0.717) is 27.6 Å². The maximum atomic E-state index is 12.4. The van der Waals surface area contributed by atoms with E-state index < -0.39 is 5.97 Å². The number of rotatable bonds is 5. The van der Waals surface area contributed by atoms with E-state index in [9.17, 15) is 4.79 Å². The molecule has 3 aromatic carbocycles. The molecule has 0 bridgehead atoms. The summed E-state index contributed by atoms with van der Waals surface area (Å²) < 4.78 is 10.6. The Balaban J connectivity index is 1.89. The van der Waals surface area contributed by atoms with Gasteiger partial charge in [0.15, 0.2) is 0 Å². The minimum absolute atomic E-state index is 0.246. The van der Waals surface area contributed by atoms with Gasteiger partial charge in [0, 0.05) is 11.1 Å². The number of para-hydroxylation sites is 1. The average Bonchev–Trinajstić information content (AvgIpc) is 2.68. The van der Waals surface area contributed by atoms with Crippen LogP contribution in [0.15, 0.2) is 72.8 Å². The summed E-state index contributed by atoms with van der Waals surface area (Å²) in [7, 11) is 1.59. The molecule has 0 heterocycles. The maximum absolute atomic E-state index is 12.4. The molecule has 0 amide bonds. The van der Waals surface area contributed by atoms with Gasteiger partial charge in [-0.25, -0.2) is 4.79 Å². The van der Waals surface area contributed by atoms with Crippen LogP contribution in [-0.2, 0) is 0 Å². The Morgan fingerprint density at radius 1 is 0.885 bits per heavy atom. The van der Waals surface area contributed by atoms with Gasteiger partial charge in [0.2, 0.25) is 0 Å². The number of esters is 1. The SMILES string of the molecule is COc1ccc(C(=N)c2ccccc2OC(=O)c2ccccc2Cl)cc1. The molecule has 3 aromatic rings. The lowest BCUT2D eigenvalue weighted by molar-refractivity contribution is 0.0734. The van der Waals surface area contributed by atoms with E-state index >= 15 is 0 Å². The Kier molecular flexibility index (Phi) is 5.34. The largest absolute Gasteiger partial charge is 0.497 e. The Hall–Kier alpha value is -3.11. The zero-order valence-corrected chi connectivity index (χ0v) is 14.8. The van der Waals surface area contributed by atoms with Crippen LogP contribution in [0, 0.1) is 5.41 Å². The summed E-state index contributed by atoms with van der Waals surface area (Å²) in [6.45, 7) is 0. The molecule has 130 valence electrons. The zero-order chi connectivity index (χ0) is 18.5. The van der Waals surface area contributed by atoms with Crippen LogP contribution in [0.3, 0.4) is 0 Å². The second-order valence-electron chi connectivity index (χ2n) is 5.47. The Morgan fingerprint density at radius 2 is 1.50 bits per heavy atom. The average molecular weight is 366 g/mol. The normalized spacial score (nSPS) is 10.2. The molecule has 0 unspecified atom stereocenters. The highest BCUT2D eigenvalue weighted by Crippen LogP contribution is 2.25. The van der Waals surface area contributed by atoms with Crippen molar-refractivity contribution in [3.8, 4) is 11.5 Å². The molecule has 0 radical (unpaired) electrons. The van der Waals surface area contributed by atoms with E-state index in [2.05, 4.69) is 0 Å². The smallest absolute Gasteiger partial charge is 0.345 e. The highest BCUT2D eigenvalue weighted by Gasteiger charge is 2.17. The molecule has 1 N–H and O–H groups in total. The fraction of sp³-hybridized carbons (Fsp3) is 0.0476. The van der Waals surface area contributed by atoms with Crippen molar-refractivity contribution in [1.29, 1.82) is 5.41 Å². The van der Waals surface area contributed by atoms with E-state index in [4.69, 9.17) is 26.5 Å². The predicted molar refractivity (Wildman–Crippen MR) is 102 cm³/mol. The zero-order valence-electron chi connectivity index (χ0n) is 14.0. The molecule has 0 atom stereocenters. The van der Waals surface area contributed by atoms with Gasteiger partial charge < -0.3 is 9.47 Å². The molecule has 5 heteroatoms. The molecular weight excluding hydrogens is 350 g/mol. The molecule has 0 fully saturated rings. The highest BCUT2D eigenvalue weighted by molar-refractivity contribution is 6.33. The topological polar surface area (TPSA) is 59.4 Å². The Labute approximate surface area is 156 Å². The van der Waals surface area contributed by atoms with Gasteiger partial charge in [-0.3, -0.25) is 5.41 Å². The molecule has 26 heavy (non-hydrogen) atoms. The van der Waals surface area contributed by atoms with E-state index in [1.165, 1.54) is 0 Å². The van der Waals surface area contributed by atoms with Crippen molar-refractivity contribution in [2.24, 2.45) is 0 Å². The third-order valence-corrected chi connectivity index (χ3v) is 4.16. The van der Waals surface area contributed by atoms with Crippen molar-refractivity contribution in [2.75, 3.05) is 7.11 Å². The highest BCUT2D eigenvalue weighted by atomic mass is 35.5. The van der Waals surface area contributed by atoms with Crippen LogP contribution in [-0.4, -0.2) is 18.8 Å². The first-order valence-corrected chi connectivity index (χ1v) is 8.27. The number of hydrogen-bond acceptors (Lipinski definition) is 4. The summed E-state index contributed by atoms with van der Waals surface area (Å²) in [6.07, 6.45) is 0. The van der Waals surface area contributed by atoms with Gasteiger partial charge in [-0.1, -0.05) is 35.9 Å². The minimum Gasteiger partial charge on any atom is -0.497 e. The van der Waals surface area contributed by atoms with Crippen molar-refractivity contribution < 1.29 is 14.3 Å². The predicted octanol–water partition coefficient (Wildman–Crippen LogP) is 4.98. The van der Waals surface area contributed by atoms with Crippen molar-refractivity contribution in [2.45, 2.75) is 0 Å². The summed E-state index contributed by atoms with van der Waals surface area (Å²) in [4.78, 5) is 12.4. The fourth-order valence-electron chi connectivity index (χ4n) is 2.46. The third-order valence-electron chi connectivity index (χ3n) is 3.83. The summed E-state index contributed by atoms with van der Waals surface area (Å²) in [5.41, 5.74) is 1.72. The number of carbonyl (C=O) groups is 1. The van der Waals surface area contributed by atoms with Crippen LogP contribution in [0.1, 0.15) is 21.5 Å². The van der Waals surface area contributed by atoms with Crippen LogP contribution >= 0.6 is 11.6 Å². The number of nitrogens with one attached hydrogen (secondary N) is 1. The standard InChI is InChI=1S/C21H16ClNO3/c1-25-15-12-10-14(11-13-15)20(23)17-7-3-5-9-19(17)26-21(24)16-6-2-4-8-18(16)22/h2-13,23H,1H3. The van der Waals surface area contributed by atoms with Crippen LogP contribution in [0.25, 0.3) is 0 Å². The number of methoxy groups -OCH3 is 1. The van der Waals surface area contributed by atoms with Gasteiger partial charge >= 0.3 is 5.97 Å². The van der Waals surface area contributed by atoms with Crippen LogP contribution < -0.4 is 9.47 Å². The van der Waals surface area contributed by atoms with E-state index in [-0.39, 0.29) is 11.3 Å². The van der Waals surface area contributed by atoms with Crippen LogP contribution in [0.4, 0.5) is 0 Å². The molecule has 0 saturated heterocycles. The van der Waals surface area contributed by atoms with E-state index in [1.807, 2.05) is 0 Å². The van der Waals surface area contributed by atoms with Crippen molar-refractivity contribution in [3.05, 3.63) is 94.5 Å². The van der Waals surface area contributed by atoms with Gasteiger partial charge in [0.05, 0.1) is 23.4 Å². The molecular formula is C21H16ClNO3. The Morgan fingerprint density at radius 3 is 2.15 bits per heavy atom. The number of hydrogen-bond donors (Lipinski definition) is 1. The Bertz CT molecular complexity index is 951. The molecule has 4 nitrogen and oxygen atoms in total. The maximum Gasteiger partial charge on any atom is 0.345 e. The lowest BCUT2D eigenvalue weighted by atomic mass is 10.0. The number of halogens is 1. The fourth-order valence-corrected chi connectivity index (χ4v) is 2.67. The van der Waals surface area contributed by atoms with Crippen molar-refractivity contribution in [3.63, 3.8) is 0 Å². The van der Waals surface area contributed by atoms with Crippen molar-refractivity contribution >= 4 is 23.3 Å². The molecule has 0 aliphatic rings. The first-order valence-electron chi connectivity index (χ1n) is 7.89. The minimum atomic E-state index is -0.564. The summed E-state index contributed by atoms with van der Waals surface area (Å²) >= 11 is 6.06. The van der Waals surface area contributed by atoms with E-state index in [1.54, 1.807) is 79.9 Å². The first kappa shape index (κ1) is 17.7. The number of ether oxygens (including phenoxy) is 2. The number of benzene rings is 3. The summed E-state index contributed by atoms with van der Waals surface area (Å²) in [5.74, 6) is 0.448. The molecule has 0 aliphatic heterocycles. The monoisotopic (exact) mass is 365 g/mol. The van der Waals surface area contributed by atoms with Crippen LogP contribution in [0.2, 0.25) is 5.02 Å². The van der Waals surface area contributed by atoms with Crippen LogP contribution in [0.5, 0.6) is 11.5 Å². The lowest BCUT2D eigenvalue weighted by Gasteiger charge is -2.12. The lowest BCUT2D eigenvalue weighted by Crippen LogP contribution is -2.12. The third kappa shape index (κ3) is 3.76.